The van der Waals surface area contributed by atoms with Gasteiger partial charge in [0.2, 0.25) is 0 Å². The van der Waals surface area contributed by atoms with Gasteiger partial charge in [0.05, 0.1) is 0 Å². The van der Waals surface area contributed by atoms with Crippen LogP contribution in [-0.4, -0.2) is 29.4 Å². The van der Waals surface area contributed by atoms with Crippen molar-refractivity contribution in [1.82, 2.24) is 0 Å². The Morgan fingerprint density at radius 2 is 0.607 bits per heavy atom. The van der Waals surface area contributed by atoms with Gasteiger partial charge in [0.1, 0.15) is 0 Å². The van der Waals surface area contributed by atoms with Crippen molar-refractivity contribution in [2.75, 3.05) is 0 Å². The second-order valence-electron chi connectivity index (χ2n) is 2.92. The maximum Gasteiger partial charge on any atom is 3.00 e. The van der Waals surface area contributed by atoms with E-state index in [2.05, 4.69) is 9.53 Å². The van der Waals surface area contributed by atoms with Crippen LogP contribution >= 0.6 is 23.5 Å². The monoisotopic (exact) mass is 785 g/mol. The topological polar surface area (TPSA) is 372 Å². The van der Waals surface area contributed by atoms with E-state index < -0.39 is 73.7 Å². The molecule has 0 heterocycles. The van der Waals surface area contributed by atoms with Crippen molar-refractivity contribution in [2.24, 2.45) is 0 Å². The van der Waals surface area contributed by atoms with E-state index in [-0.39, 0.29) is 17.1 Å². The van der Waals surface area contributed by atoms with Gasteiger partial charge in [-0.05, 0) is 0 Å². The number of rotatable bonds is 6. The fraction of sp³-hybridized carbons (Fsp3) is 0. The van der Waals surface area contributed by atoms with E-state index in [1.54, 1.807) is 0 Å². The molecule has 0 amide bonds. The Bertz CT molecular complexity index is 776. The first kappa shape index (κ1) is 36.9. The predicted molar refractivity (Wildman–Crippen MR) is 43.5 cm³/mol. The van der Waals surface area contributed by atoms with Crippen molar-refractivity contribution in [3.8, 4) is 0 Å². The van der Waals surface area contributed by atoms with Gasteiger partial charge in [-0.25, -0.2) is 0 Å². The summed E-state index contributed by atoms with van der Waals surface area (Å²) >= 11 is -18.8. The van der Waals surface area contributed by atoms with Crippen LogP contribution in [0.5, 0.6) is 0 Å². The van der Waals surface area contributed by atoms with E-state index >= 15 is 0 Å². The van der Waals surface area contributed by atoms with E-state index in [4.69, 9.17) is 29.4 Å². The molecule has 173 valence electrons. The van der Waals surface area contributed by atoms with Crippen LogP contribution in [0, 0.1) is 0 Å². The zero-order chi connectivity index (χ0) is 23.1. The van der Waals surface area contributed by atoms with Crippen molar-refractivity contribution in [1.29, 1.82) is 0 Å². The molecule has 0 rings (SSSR count). The van der Waals surface area contributed by atoms with Crippen molar-refractivity contribution in [2.45, 2.75) is 0 Å². The van der Waals surface area contributed by atoms with E-state index in [0.717, 1.165) is 0 Å². The molecule has 0 bridgehead atoms. The molecule has 0 aromatic heterocycles. The van der Waals surface area contributed by atoms with Crippen molar-refractivity contribution in [3.63, 3.8) is 0 Å². The Hall–Kier alpha value is 1.59. The molecule has 1 radical (unpaired) electrons. The first-order chi connectivity index (χ1) is 11.1. The van der Waals surface area contributed by atoms with Crippen LogP contribution in [0.25, 0.3) is 0 Å². The van der Waals surface area contributed by atoms with Crippen LogP contribution in [0.1, 0.15) is 0 Å². The summed E-state index contributed by atoms with van der Waals surface area (Å²) in [7, 11) is -15.4. The molecule has 0 aromatic rings. The zero-order valence-electron chi connectivity index (χ0n) is 11.7. The van der Waals surface area contributed by atoms with Gasteiger partial charge in [0.15, 0.2) is 0 Å². The molecule has 0 saturated carbocycles. The molecule has 0 saturated heterocycles. The van der Waals surface area contributed by atoms with Crippen LogP contribution in [-0.2, 0) is 111 Å². The van der Waals surface area contributed by atoms with Gasteiger partial charge in [-0.1, -0.05) is 0 Å². The first-order valence-electron chi connectivity index (χ1n) is 4.30. The van der Waals surface area contributed by atoms with Crippen molar-refractivity contribution in [3.05, 3.63) is 0 Å². The minimum Gasteiger partial charge on any atom is 3.00 e. The molecule has 0 aromatic carbocycles. The van der Waals surface area contributed by atoms with E-state index in [1.807, 2.05) is 0 Å². The Morgan fingerprint density at radius 1 is 0.500 bits per heavy atom. The second-order valence-corrected chi connectivity index (χ2v) is 15.6. The molecule has 0 spiro atoms. The molecule has 0 aliphatic carbocycles. The Kier molecular flexibility index (Phi) is 17.4. The van der Waals surface area contributed by atoms with E-state index in [1.165, 1.54) is 0 Å². The quantitative estimate of drug-likeness (QED) is 0.108. The van der Waals surface area contributed by atoms with Gasteiger partial charge in [0.25, 0.3) is 0 Å². The van der Waals surface area contributed by atoms with E-state index in [0.29, 0.717) is 0 Å². The van der Waals surface area contributed by atoms with Crippen LogP contribution in [0.2, 0.25) is 0 Å². The van der Waals surface area contributed by atoms with Gasteiger partial charge >= 0.3 is 175 Å². The van der Waals surface area contributed by atoms with Crippen molar-refractivity contribution >= 4 is 23.5 Å². The van der Waals surface area contributed by atoms with Gasteiger partial charge in [-0.15, -0.1) is 0 Å². The zero-order valence-corrected chi connectivity index (χ0v) is 21.5. The summed E-state index contributed by atoms with van der Waals surface area (Å²) < 4.78 is 122. The third kappa shape index (κ3) is 50.8. The third-order valence-corrected chi connectivity index (χ3v) is 10.0. The molecule has 6 N–H and O–H groups in total. The fourth-order valence-electron chi connectivity index (χ4n) is 0.357. The Morgan fingerprint density at radius 3 is 0.607 bits per heavy atom. The van der Waals surface area contributed by atoms with Gasteiger partial charge in [-0.2, -0.15) is 0 Å². The second kappa shape index (κ2) is 13.2. The average Bonchev–Trinajstić information content (AvgIpc) is 1.96. The van der Waals surface area contributed by atoms with Crippen LogP contribution < -0.4 is 11.3 Å². The Labute approximate surface area is 174 Å². The first-order valence-corrected chi connectivity index (χ1v) is 18.7. The summed E-state index contributed by atoms with van der Waals surface area (Å²) in [5.41, 5.74) is 0. The largest absolute Gasteiger partial charge is 3.00 e. The molecular weight excluding hydrogens is 773 g/mol. The predicted octanol–water partition coefficient (Wildman–Crippen LogP) is -5.61. The molecule has 21 nitrogen and oxygen atoms in total. The Balaban J connectivity index is -0.000000152. The smallest absolute Gasteiger partial charge is 3.00 e. The molecule has 28 heteroatoms. The number of hydrogen-bond donors (Lipinski definition) is 6. The van der Waals surface area contributed by atoms with Gasteiger partial charge < -0.3 is 0 Å². The molecular formula is H6FeMo3O21P3. The summed E-state index contributed by atoms with van der Waals surface area (Å²) in [4.78, 5) is 46.1. The van der Waals surface area contributed by atoms with Gasteiger partial charge in [0, 0.05) is 0 Å². The minimum absolute atomic E-state index is 0. The standard InChI is InChI=1S/Fe.3Mo.3H3O4P.9O/c;;;;3*1-5(2,3)4;;;;;;;;;/h;;;;3*(H3,1,2,3,4);;;;;;;;;/q+3;3*+1;;;;;;;;;;3*-1/p-3. The minimum atomic E-state index is -6.28. The maximum atomic E-state index is 9.57. The number of hydrogen-bond acceptors (Lipinski definition) is 15. The van der Waals surface area contributed by atoms with Crippen molar-refractivity contribution < 1.29 is 152 Å². The normalized spacial score (nSPS) is 13.2. The van der Waals surface area contributed by atoms with Gasteiger partial charge in [-0.3, -0.25) is 0 Å². The number of phosphoric acid groups is 3. The molecule has 0 unspecified atom stereocenters. The van der Waals surface area contributed by atoms with E-state index in [9.17, 15) is 45.4 Å². The molecule has 0 fully saturated rings. The van der Waals surface area contributed by atoms with Crippen LogP contribution in [0.4, 0.5) is 0 Å². The summed E-state index contributed by atoms with van der Waals surface area (Å²) in [6, 6.07) is 0. The maximum absolute atomic E-state index is 9.57. The summed E-state index contributed by atoms with van der Waals surface area (Å²) in [6.45, 7) is 0. The molecule has 0 atom stereocenters. The third-order valence-electron chi connectivity index (χ3n) is 0.565. The SMILES string of the molecule is O=P(O)(O)[O][Mo](=[O])(=[O])[O-].O=P(O)(O)[O][Mo](=[O])(=[O])[O-].O=P(O)(O)[O][Mo](=[O])(=[O])[O-].[Fe+3]. The molecule has 0 aliphatic heterocycles. The van der Waals surface area contributed by atoms with Crippen LogP contribution in [0.15, 0.2) is 0 Å². The summed E-state index contributed by atoms with van der Waals surface area (Å²) in [5, 5.41) is 0. The molecule has 28 heavy (non-hydrogen) atoms. The molecule has 0 aliphatic rings. The summed E-state index contributed by atoms with van der Waals surface area (Å²) in [6.07, 6.45) is 0. The van der Waals surface area contributed by atoms with Crippen LogP contribution in [0.3, 0.4) is 0 Å². The fourth-order valence-corrected chi connectivity index (χ4v) is 6.33. The average molecular weight is 779 g/mol. The summed E-state index contributed by atoms with van der Waals surface area (Å²) in [5.74, 6) is 0.